The number of hydrogen-bond donors (Lipinski definition) is 2. The molecule has 0 spiro atoms. The van der Waals surface area contributed by atoms with Crippen LogP contribution in [0.5, 0.6) is 0 Å². The lowest BCUT2D eigenvalue weighted by molar-refractivity contribution is 0.0950. The second kappa shape index (κ2) is 5.76. The van der Waals surface area contributed by atoms with Crippen LogP contribution >= 0.6 is 23.2 Å². The number of nitrogens with one attached hydrogen (secondary N) is 2. The number of carbonyl (C=O) groups excluding carboxylic acids is 1. The summed E-state index contributed by atoms with van der Waals surface area (Å²) in [6.07, 6.45) is 0. The van der Waals surface area contributed by atoms with Crippen LogP contribution in [0.1, 0.15) is 16.2 Å². The second-order valence-electron chi connectivity index (χ2n) is 4.54. The van der Waals surface area contributed by atoms with Gasteiger partial charge in [-0.2, -0.15) is 0 Å². The van der Waals surface area contributed by atoms with E-state index in [1.54, 1.807) is 36.4 Å². The minimum absolute atomic E-state index is 0.198. The van der Waals surface area contributed by atoms with E-state index in [-0.39, 0.29) is 5.91 Å². The molecule has 0 aliphatic rings. The first-order chi connectivity index (χ1) is 10.1. The van der Waals surface area contributed by atoms with Crippen molar-refractivity contribution in [1.82, 2.24) is 15.3 Å². The van der Waals surface area contributed by atoms with E-state index in [0.29, 0.717) is 28.0 Å². The van der Waals surface area contributed by atoms with E-state index in [0.717, 1.165) is 11.0 Å². The van der Waals surface area contributed by atoms with Gasteiger partial charge in [0, 0.05) is 15.6 Å². The first-order valence-corrected chi connectivity index (χ1v) is 7.05. The lowest BCUT2D eigenvalue weighted by atomic mass is 10.2. The van der Waals surface area contributed by atoms with Crippen molar-refractivity contribution in [1.29, 1.82) is 0 Å². The molecule has 21 heavy (non-hydrogen) atoms. The number of H-pyrrole nitrogens is 1. The summed E-state index contributed by atoms with van der Waals surface area (Å²) in [4.78, 5) is 19.5. The van der Waals surface area contributed by atoms with Crippen LogP contribution < -0.4 is 5.32 Å². The molecule has 1 aromatic heterocycles. The number of aromatic amines is 1. The van der Waals surface area contributed by atoms with Gasteiger partial charge in [-0.3, -0.25) is 4.79 Å². The van der Waals surface area contributed by atoms with Crippen LogP contribution in [0, 0.1) is 0 Å². The van der Waals surface area contributed by atoms with Crippen LogP contribution in [-0.2, 0) is 6.54 Å². The maximum Gasteiger partial charge on any atom is 0.251 e. The number of halogens is 2. The van der Waals surface area contributed by atoms with Gasteiger partial charge in [-0.25, -0.2) is 4.98 Å². The lowest BCUT2D eigenvalue weighted by Gasteiger charge is -2.03. The smallest absolute Gasteiger partial charge is 0.251 e. The van der Waals surface area contributed by atoms with E-state index in [1.165, 1.54) is 0 Å². The Labute approximate surface area is 131 Å². The number of carbonyl (C=O) groups is 1. The summed E-state index contributed by atoms with van der Waals surface area (Å²) < 4.78 is 0. The van der Waals surface area contributed by atoms with Crippen molar-refractivity contribution in [2.24, 2.45) is 0 Å². The molecule has 6 heteroatoms. The van der Waals surface area contributed by atoms with Gasteiger partial charge in [0.15, 0.2) is 0 Å². The quantitative estimate of drug-likeness (QED) is 0.771. The van der Waals surface area contributed by atoms with Gasteiger partial charge >= 0.3 is 0 Å². The third-order valence-electron chi connectivity index (χ3n) is 3.00. The zero-order chi connectivity index (χ0) is 14.8. The molecule has 0 fully saturated rings. The fraction of sp³-hybridized carbons (Fsp3) is 0.0667. The fourth-order valence-corrected chi connectivity index (χ4v) is 2.38. The van der Waals surface area contributed by atoms with E-state index in [4.69, 9.17) is 23.2 Å². The Kier molecular flexibility index (Phi) is 3.82. The van der Waals surface area contributed by atoms with E-state index >= 15 is 0 Å². The number of amides is 1. The Bertz CT molecular complexity index is 814. The Morgan fingerprint density at radius 3 is 2.76 bits per heavy atom. The Morgan fingerprint density at radius 2 is 1.95 bits per heavy atom. The molecule has 4 nitrogen and oxygen atoms in total. The van der Waals surface area contributed by atoms with Gasteiger partial charge in [0.25, 0.3) is 5.91 Å². The minimum Gasteiger partial charge on any atom is -0.345 e. The van der Waals surface area contributed by atoms with Gasteiger partial charge in [-0.15, -0.1) is 0 Å². The van der Waals surface area contributed by atoms with Crippen molar-refractivity contribution in [3.05, 3.63) is 63.9 Å². The molecule has 0 saturated heterocycles. The van der Waals surface area contributed by atoms with Crippen molar-refractivity contribution in [2.75, 3.05) is 0 Å². The number of benzene rings is 2. The zero-order valence-electron chi connectivity index (χ0n) is 10.9. The summed E-state index contributed by atoms with van der Waals surface area (Å²) in [5.41, 5.74) is 2.17. The van der Waals surface area contributed by atoms with Crippen LogP contribution in [0.15, 0.2) is 42.5 Å². The fourth-order valence-electron chi connectivity index (χ4n) is 2.01. The molecule has 0 aliphatic carbocycles. The van der Waals surface area contributed by atoms with Crippen molar-refractivity contribution < 1.29 is 4.79 Å². The van der Waals surface area contributed by atoms with Crippen molar-refractivity contribution in [2.45, 2.75) is 6.54 Å². The number of hydrogen-bond acceptors (Lipinski definition) is 2. The van der Waals surface area contributed by atoms with Crippen molar-refractivity contribution in [3.8, 4) is 0 Å². The lowest BCUT2D eigenvalue weighted by Crippen LogP contribution is -2.23. The zero-order valence-corrected chi connectivity index (χ0v) is 12.4. The molecular weight excluding hydrogens is 309 g/mol. The highest BCUT2D eigenvalue weighted by Crippen LogP contribution is 2.17. The number of nitrogens with zero attached hydrogens (tertiary/aromatic N) is 1. The summed E-state index contributed by atoms with van der Waals surface area (Å²) in [6, 6.07) is 12.2. The molecule has 3 rings (SSSR count). The van der Waals surface area contributed by atoms with Crippen molar-refractivity contribution in [3.63, 3.8) is 0 Å². The monoisotopic (exact) mass is 319 g/mol. The largest absolute Gasteiger partial charge is 0.345 e. The molecule has 0 unspecified atom stereocenters. The van der Waals surface area contributed by atoms with E-state index < -0.39 is 0 Å². The molecule has 2 aromatic carbocycles. The average molecular weight is 320 g/mol. The van der Waals surface area contributed by atoms with Crippen LogP contribution in [0.2, 0.25) is 10.0 Å². The van der Waals surface area contributed by atoms with Crippen molar-refractivity contribution >= 4 is 40.1 Å². The summed E-state index contributed by atoms with van der Waals surface area (Å²) >= 11 is 11.8. The maximum absolute atomic E-state index is 12.0. The number of imidazole rings is 1. The van der Waals surface area contributed by atoms with Gasteiger partial charge in [-0.05, 0) is 36.4 Å². The number of rotatable bonds is 3. The van der Waals surface area contributed by atoms with E-state index in [2.05, 4.69) is 15.3 Å². The SMILES string of the molecule is O=C(NCc1nc2ccc(Cl)cc2[nH]1)c1cccc(Cl)c1. The first-order valence-electron chi connectivity index (χ1n) is 6.30. The Morgan fingerprint density at radius 1 is 1.14 bits per heavy atom. The molecule has 1 heterocycles. The molecule has 3 aromatic rings. The maximum atomic E-state index is 12.0. The standard InChI is InChI=1S/C15H11Cl2N3O/c16-10-3-1-2-9(6-10)15(21)18-8-14-19-12-5-4-11(17)7-13(12)20-14/h1-7H,8H2,(H,18,21)(H,19,20). The van der Waals surface area contributed by atoms with E-state index in [9.17, 15) is 4.79 Å². The van der Waals surface area contributed by atoms with E-state index in [1.807, 2.05) is 6.07 Å². The molecule has 0 radical (unpaired) electrons. The first kappa shape index (κ1) is 13.9. The molecule has 1 amide bonds. The summed E-state index contributed by atoms with van der Waals surface area (Å²) in [5.74, 6) is 0.471. The van der Waals surface area contributed by atoms with Gasteiger partial charge < -0.3 is 10.3 Å². The van der Waals surface area contributed by atoms with Crippen LogP contribution in [0.4, 0.5) is 0 Å². The van der Waals surface area contributed by atoms with Crippen LogP contribution in [0.25, 0.3) is 11.0 Å². The minimum atomic E-state index is -0.198. The van der Waals surface area contributed by atoms with Crippen LogP contribution in [0.3, 0.4) is 0 Å². The summed E-state index contributed by atoms with van der Waals surface area (Å²) in [5, 5.41) is 3.96. The van der Waals surface area contributed by atoms with Gasteiger partial charge in [0.1, 0.15) is 5.82 Å². The van der Waals surface area contributed by atoms with Gasteiger partial charge in [-0.1, -0.05) is 29.3 Å². The highest BCUT2D eigenvalue weighted by Gasteiger charge is 2.08. The molecule has 0 aliphatic heterocycles. The molecule has 0 bridgehead atoms. The molecule has 0 saturated carbocycles. The summed E-state index contributed by atoms with van der Waals surface area (Å²) in [7, 11) is 0. The normalized spacial score (nSPS) is 10.8. The number of fused-ring (bicyclic) bond motifs is 1. The summed E-state index contributed by atoms with van der Waals surface area (Å²) in [6.45, 7) is 0.303. The molecule has 106 valence electrons. The third kappa shape index (κ3) is 3.17. The molecule has 2 N–H and O–H groups in total. The highest BCUT2D eigenvalue weighted by molar-refractivity contribution is 6.31. The highest BCUT2D eigenvalue weighted by atomic mass is 35.5. The Balaban J connectivity index is 1.72. The predicted octanol–water partition coefficient (Wildman–Crippen LogP) is 3.80. The second-order valence-corrected chi connectivity index (χ2v) is 5.41. The van der Waals surface area contributed by atoms with Gasteiger partial charge in [0.2, 0.25) is 0 Å². The molecular formula is C15H11Cl2N3O. The van der Waals surface area contributed by atoms with Gasteiger partial charge in [0.05, 0.1) is 17.6 Å². The number of aromatic nitrogens is 2. The topological polar surface area (TPSA) is 57.8 Å². The Hall–Kier alpha value is -2.04. The van der Waals surface area contributed by atoms with Crippen LogP contribution in [-0.4, -0.2) is 15.9 Å². The third-order valence-corrected chi connectivity index (χ3v) is 3.47. The molecule has 0 atom stereocenters. The predicted molar refractivity (Wildman–Crippen MR) is 83.7 cm³/mol. The average Bonchev–Trinajstić information content (AvgIpc) is 2.86.